The predicted octanol–water partition coefficient (Wildman–Crippen LogP) is 4.22. The average molecular weight is 398 g/mol. The van der Waals surface area contributed by atoms with Crippen LogP contribution in [0.2, 0.25) is 0 Å². The van der Waals surface area contributed by atoms with Crippen molar-refractivity contribution < 1.29 is 14.0 Å². The summed E-state index contributed by atoms with van der Waals surface area (Å²) < 4.78 is 14.1. The van der Waals surface area contributed by atoms with Gasteiger partial charge < -0.3 is 16.4 Å². The second kappa shape index (κ2) is 10.0. The molecule has 0 spiro atoms. The third-order valence-electron chi connectivity index (χ3n) is 5.55. The van der Waals surface area contributed by atoms with E-state index in [0.29, 0.717) is 12.1 Å². The third-order valence-corrected chi connectivity index (χ3v) is 5.55. The van der Waals surface area contributed by atoms with Gasteiger partial charge in [-0.2, -0.15) is 0 Å². The molecule has 0 aliphatic heterocycles. The summed E-state index contributed by atoms with van der Waals surface area (Å²) in [6.07, 6.45) is 8.36. The smallest absolute Gasteiger partial charge is 0.227 e. The van der Waals surface area contributed by atoms with E-state index < -0.39 is 5.82 Å². The molecule has 2 atom stereocenters. The first-order chi connectivity index (χ1) is 12.5. The number of carbonyl (C=O) groups excluding carboxylic acids is 2. The van der Waals surface area contributed by atoms with Crippen molar-refractivity contribution in [1.29, 1.82) is 0 Å². The van der Waals surface area contributed by atoms with Crippen LogP contribution in [0, 0.1) is 17.7 Å². The quantitative estimate of drug-likeness (QED) is 0.711. The van der Waals surface area contributed by atoms with Gasteiger partial charge in [0.05, 0.1) is 5.69 Å². The fraction of sp³-hybridized carbons (Fsp3) is 0.600. The molecule has 2 aliphatic carbocycles. The van der Waals surface area contributed by atoms with Crippen molar-refractivity contribution in [3.8, 4) is 0 Å². The Morgan fingerprint density at radius 2 is 1.59 bits per heavy atom. The highest BCUT2D eigenvalue weighted by Gasteiger charge is 2.26. The lowest BCUT2D eigenvalue weighted by Gasteiger charge is -2.25. The zero-order chi connectivity index (χ0) is 18.5. The molecule has 7 heteroatoms. The topological polar surface area (TPSA) is 84.2 Å². The van der Waals surface area contributed by atoms with E-state index in [0.717, 1.165) is 51.4 Å². The number of anilines is 2. The van der Waals surface area contributed by atoms with Gasteiger partial charge >= 0.3 is 0 Å². The normalized spacial score (nSPS) is 23.2. The van der Waals surface area contributed by atoms with E-state index in [1.54, 1.807) is 0 Å². The van der Waals surface area contributed by atoms with Gasteiger partial charge in [0.15, 0.2) is 0 Å². The van der Waals surface area contributed by atoms with Crippen LogP contribution in [0.4, 0.5) is 15.8 Å². The van der Waals surface area contributed by atoms with Gasteiger partial charge in [-0.1, -0.05) is 25.7 Å². The summed E-state index contributed by atoms with van der Waals surface area (Å²) in [6, 6.07) is 4.36. The maximum atomic E-state index is 14.1. The third kappa shape index (κ3) is 5.91. The minimum atomic E-state index is -0.494. The number of rotatable bonds is 4. The number of amides is 2. The number of halogens is 2. The van der Waals surface area contributed by atoms with E-state index in [4.69, 9.17) is 5.73 Å². The van der Waals surface area contributed by atoms with Crippen LogP contribution in [0.1, 0.15) is 57.8 Å². The Bertz CT molecular complexity index is 665. The van der Waals surface area contributed by atoms with Crippen LogP contribution in [-0.4, -0.2) is 17.9 Å². The Kier molecular flexibility index (Phi) is 8.05. The highest BCUT2D eigenvalue weighted by molar-refractivity contribution is 5.95. The molecule has 2 amide bonds. The first kappa shape index (κ1) is 21.6. The highest BCUT2D eigenvalue weighted by Crippen LogP contribution is 2.28. The number of nitrogens with one attached hydrogen (secondary N) is 2. The van der Waals surface area contributed by atoms with Crippen LogP contribution >= 0.6 is 12.4 Å². The SMILES string of the molecule is Cl.NC1CCCC(C(=O)Nc2ccc(F)c(NC(=O)C3CCCCC3)c2)C1. The summed E-state index contributed by atoms with van der Waals surface area (Å²) in [5.74, 6) is -0.873. The molecule has 3 rings (SSSR count). The largest absolute Gasteiger partial charge is 0.328 e. The number of nitrogens with two attached hydrogens (primary N) is 1. The molecule has 0 bridgehead atoms. The molecule has 2 aliphatic rings. The molecule has 0 radical (unpaired) electrons. The van der Waals surface area contributed by atoms with Gasteiger partial charge in [0.1, 0.15) is 5.82 Å². The van der Waals surface area contributed by atoms with Crippen LogP contribution in [0.5, 0.6) is 0 Å². The zero-order valence-electron chi connectivity index (χ0n) is 15.5. The van der Waals surface area contributed by atoms with E-state index >= 15 is 0 Å². The molecule has 2 unspecified atom stereocenters. The zero-order valence-corrected chi connectivity index (χ0v) is 16.3. The minimum absolute atomic E-state index is 0. The van der Waals surface area contributed by atoms with Crippen molar-refractivity contribution in [2.24, 2.45) is 17.6 Å². The Hall–Kier alpha value is -1.66. The highest BCUT2D eigenvalue weighted by atomic mass is 35.5. The molecule has 0 heterocycles. The van der Waals surface area contributed by atoms with E-state index in [9.17, 15) is 14.0 Å². The monoisotopic (exact) mass is 397 g/mol. The molecule has 2 saturated carbocycles. The average Bonchev–Trinajstić information content (AvgIpc) is 2.65. The number of benzene rings is 1. The van der Waals surface area contributed by atoms with Crippen LogP contribution in [-0.2, 0) is 9.59 Å². The predicted molar refractivity (Wildman–Crippen MR) is 107 cm³/mol. The van der Waals surface area contributed by atoms with Crippen LogP contribution in [0.3, 0.4) is 0 Å². The molecule has 2 fully saturated rings. The Labute approximate surface area is 166 Å². The van der Waals surface area contributed by atoms with Crippen molar-refractivity contribution in [3.05, 3.63) is 24.0 Å². The molecule has 1 aromatic rings. The van der Waals surface area contributed by atoms with Crippen molar-refractivity contribution in [2.45, 2.75) is 63.8 Å². The lowest BCUT2D eigenvalue weighted by atomic mass is 9.85. The molecular formula is C20H29ClFN3O2. The van der Waals surface area contributed by atoms with Crippen LogP contribution < -0.4 is 16.4 Å². The Morgan fingerprint density at radius 1 is 0.926 bits per heavy atom. The van der Waals surface area contributed by atoms with Gasteiger partial charge in [-0.15, -0.1) is 12.4 Å². The van der Waals surface area contributed by atoms with Gasteiger partial charge in [-0.05, 0) is 50.3 Å². The van der Waals surface area contributed by atoms with Gasteiger partial charge in [-0.25, -0.2) is 4.39 Å². The van der Waals surface area contributed by atoms with Crippen molar-refractivity contribution >= 4 is 35.6 Å². The number of carbonyl (C=O) groups is 2. The summed E-state index contributed by atoms with van der Waals surface area (Å²) in [4.78, 5) is 24.8. The molecule has 0 aromatic heterocycles. The summed E-state index contributed by atoms with van der Waals surface area (Å²) in [5.41, 5.74) is 6.57. The van der Waals surface area contributed by atoms with Gasteiger partial charge in [0.25, 0.3) is 0 Å². The van der Waals surface area contributed by atoms with E-state index in [1.165, 1.54) is 18.2 Å². The second-order valence-electron chi connectivity index (χ2n) is 7.63. The van der Waals surface area contributed by atoms with Gasteiger partial charge in [-0.3, -0.25) is 9.59 Å². The fourth-order valence-corrected chi connectivity index (χ4v) is 4.01. The first-order valence-electron chi connectivity index (χ1n) is 9.70. The summed E-state index contributed by atoms with van der Waals surface area (Å²) in [7, 11) is 0. The molecule has 4 N–H and O–H groups in total. The molecule has 150 valence electrons. The maximum Gasteiger partial charge on any atom is 0.227 e. The van der Waals surface area contributed by atoms with Crippen LogP contribution in [0.15, 0.2) is 18.2 Å². The number of hydrogen-bond acceptors (Lipinski definition) is 3. The van der Waals surface area contributed by atoms with E-state index in [2.05, 4.69) is 10.6 Å². The van der Waals surface area contributed by atoms with Crippen molar-refractivity contribution in [3.63, 3.8) is 0 Å². The van der Waals surface area contributed by atoms with Gasteiger partial charge in [0.2, 0.25) is 11.8 Å². The van der Waals surface area contributed by atoms with Gasteiger partial charge in [0, 0.05) is 23.6 Å². The lowest BCUT2D eigenvalue weighted by molar-refractivity contribution is -0.121. The summed E-state index contributed by atoms with van der Waals surface area (Å²) >= 11 is 0. The van der Waals surface area contributed by atoms with Crippen molar-refractivity contribution in [2.75, 3.05) is 10.6 Å². The second-order valence-corrected chi connectivity index (χ2v) is 7.63. The van der Waals surface area contributed by atoms with Crippen LogP contribution in [0.25, 0.3) is 0 Å². The molecule has 0 saturated heterocycles. The summed E-state index contributed by atoms with van der Waals surface area (Å²) in [6.45, 7) is 0. The molecular weight excluding hydrogens is 369 g/mol. The molecule has 5 nitrogen and oxygen atoms in total. The Balaban J connectivity index is 0.00000261. The minimum Gasteiger partial charge on any atom is -0.328 e. The Morgan fingerprint density at radius 3 is 2.30 bits per heavy atom. The summed E-state index contributed by atoms with van der Waals surface area (Å²) in [5, 5.41) is 5.54. The molecule has 27 heavy (non-hydrogen) atoms. The first-order valence-corrected chi connectivity index (χ1v) is 9.70. The fourth-order valence-electron chi connectivity index (χ4n) is 4.01. The standard InChI is InChI=1S/C20H28FN3O2.ClH/c21-17-10-9-16(23-20(26)14-7-4-8-15(22)11-14)12-18(17)24-19(25)13-5-2-1-3-6-13;/h9-10,12-15H,1-8,11,22H2,(H,23,26)(H,24,25);1H. The lowest BCUT2D eigenvalue weighted by Crippen LogP contribution is -2.34. The maximum absolute atomic E-state index is 14.1. The van der Waals surface area contributed by atoms with Crippen molar-refractivity contribution in [1.82, 2.24) is 0 Å². The van der Waals surface area contributed by atoms with E-state index in [-0.39, 0.29) is 47.8 Å². The van der Waals surface area contributed by atoms with E-state index in [1.807, 2.05) is 0 Å². The molecule has 1 aromatic carbocycles. The number of hydrogen-bond donors (Lipinski definition) is 3.